The highest BCUT2D eigenvalue weighted by Gasteiger charge is 2.51. The third-order valence-electron chi connectivity index (χ3n) is 5.19. The van der Waals surface area contributed by atoms with E-state index in [0.717, 1.165) is 24.2 Å². The van der Waals surface area contributed by atoms with Crippen molar-refractivity contribution in [2.24, 2.45) is 0 Å². The normalized spacial score (nSPS) is 22.8. The summed E-state index contributed by atoms with van der Waals surface area (Å²) in [5.41, 5.74) is 1.01. The lowest BCUT2D eigenvalue weighted by Gasteiger charge is -2.32. The predicted octanol–water partition coefficient (Wildman–Crippen LogP) is 1.26. The summed E-state index contributed by atoms with van der Waals surface area (Å²) in [5.74, 6) is -0.00900. The number of carbonyl (C=O) groups is 1. The van der Waals surface area contributed by atoms with Gasteiger partial charge in [-0.3, -0.25) is 9.69 Å². The van der Waals surface area contributed by atoms with E-state index in [2.05, 4.69) is 10.2 Å². The van der Waals surface area contributed by atoms with Gasteiger partial charge in [0.1, 0.15) is 0 Å². The number of nitrogens with zero attached hydrogens (tertiary/aromatic N) is 1. The standard InChI is InChI=1S/C18H27BN2O4/c1-17(2)18(3,4)25-19(24-17)14-5-7-15(8-6-14)20-16(22)13-21-9-11-23-12-10-21/h5-8H,9-13H2,1-4H3,(H,20,22). The van der Waals surface area contributed by atoms with Crippen LogP contribution in [-0.4, -0.2) is 62.0 Å². The molecule has 3 rings (SSSR count). The minimum Gasteiger partial charge on any atom is -0.399 e. The number of morpholine rings is 1. The third kappa shape index (κ3) is 4.23. The van der Waals surface area contributed by atoms with Crippen molar-refractivity contribution in [1.82, 2.24) is 4.90 Å². The largest absolute Gasteiger partial charge is 0.494 e. The maximum absolute atomic E-state index is 12.1. The van der Waals surface area contributed by atoms with Gasteiger partial charge in [0.05, 0.1) is 31.0 Å². The van der Waals surface area contributed by atoms with Crippen LogP contribution in [0, 0.1) is 0 Å². The fraction of sp³-hybridized carbons (Fsp3) is 0.611. The van der Waals surface area contributed by atoms with Gasteiger partial charge in [0.2, 0.25) is 5.91 Å². The molecule has 136 valence electrons. The minimum atomic E-state index is -0.386. The zero-order valence-electron chi connectivity index (χ0n) is 15.5. The summed E-state index contributed by atoms with van der Waals surface area (Å²) >= 11 is 0. The second kappa shape index (κ2) is 7.07. The number of benzene rings is 1. The molecule has 0 bridgehead atoms. The molecule has 0 aromatic heterocycles. The Bertz CT molecular complexity index is 596. The number of ether oxygens (including phenoxy) is 1. The molecule has 1 amide bonds. The van der Waals surface area contributed by atoms with Gasteiger partial charge in [-0.15, -0.1) is 0 Å². The molecule has 2 aliphatic heterocycles. The number of anilines is 1. The number of hydrogen-bond donors (Lipinski definition) is 1. The van der Waals surface area contributed by atoms with Crippen LogP contribution in [0.4, 0.5) is 5.69 Å². The first-order valence-electron chi connectivity index (χ1n) is 8.82. The van der Waals surface area contributed by atoms with Gasteiger partial charge < -0.3 is 19.4 Å². The molecular formula is C18H27BN2O4. The molecule has 7 heteroatoms. The second-order valence-corrected chi connectivity index (χ2v) is 7.65. The average Bonchev–Trinajstić information content (AvgIpc) is 2.77. The van der Waals surface area contributed by atoms with Gasteiger partial charge >= 0.3 is 7.12 Å². The van der Waals surface area contributed by atoms with Crippen LogP contribution in [0.15, 0.2) is 24.3 Å². The molecule has 0 radical (unpaired) electrons. The third-order valence-corrected chi connectivity index (χ3v) is 5.19. The smallest absolute Gasteiger partial charge is 0.399 e. The summed E-state index contributed by atoms with van der Waals surface area (Å²) in [7, 11) is -0.386. The Morgan fingerprint density at radius 3 is 2.20 bits per heavy atom. The Labute approximate surface area is 150 Å². The first-order valence-corrected chi connectivity index (χ1v) is 8.82. The van der Waals surface area contributed by atoms with E-state index >= 15 is 0 Å². The molecule has 0 spiro atoms. The van der Waals surface area contributed by atoms with Gasteiger partial charge in [0, 0.05) is 18.8 Å². The van der Waals surface area contributed by atoms with Crippen molar-refractivity contribution in [3.63, 3.8) is 0 Å². The monoisotopic (exact) mass is 346 g/mol. The van der Waals surface area contributed by atoms with Crippen molar-refractivity contribution < 1.29 is 18.8 Å². The van der Waals surface area contributed by atoms with Crippen LogP contribution in [0.3, 0.4) is 0 Å². The predicted molar refractivity (Wildman–Crippen MR) is 98.0 cm³/mol. The zero-order chi connectivity index (χ0) is 18.1. The molecule has 0 unspecified atom stereocenters. The summed E-state index contributed by atoms with van der Waals surface area (Å²) in [6.07, 6.45) is 0. The number of hydrogen-bond acceptors (Lipinski definition) is 5. The van der Waals surface area contributed by atoms with Gasteiger partial charge in [0.15, 0.2) is 0 Å². The quantitative estimate of drug-likeness (QED) is 0.832. The van der Waals surface area contributed by atoms with E-state index in [-0.39, 0.29) is 24.2 Å². The van der Waals surface area contributed by atoms with Gasteiger partial charge in [-0.05, 0) is 45.3 Å². The summed E-state index contributed by atoms with van der Waals surface area (Å²) < 4.78 is 17.4. The number of nitrogens with one attached hydrogen (secondary N) is 1. The Morgan fingerprint density at radius 1 is 1.08 bits per heavy atom. The molecule has 25 heavy (non-hydrogen) atoms. The first-order chi connectivity index (χ1) is 11.8. The van der Waals surface area contributed by atoms with Crippen LogP contribution in [0.5, 0.6) is 0 Å². The summed E-state index contributed by atoms with van der Waals surface area (Å²) in [6.45, 7) is 11.5. The number of amides is 1. The van der Waals surface area contributed by atoms with E-state index in [9.17, 15) is 4.79 Å². The van der Waals surface area contributed by atoms with Crippen LogP contribution >= 0.6 is 0 Å². The van der Waals surface area contributed by atoms with Crippen LogP contribution in [0.1, 0.15) is 27.7 Å². The molecule has 0 saturated carbocycles. The van der Waals surface area contributed by atoms with Crippen LogP contribution in [0.25, 0.3) is 0 Å². The van der Waals surface area contributed by atoms with Gasteiger partial charge in [-0.1, -0.05) is 12.1 Å². The van der Waals surface area contributed by atoms with Crippen molar-refractivity contribution in [2.45, 2.75) is 38.9 Å². The molecule has 2 fully saturated rings. The van der Waals surface area contributed by atoms with Crippen LogP contribution in [0.2, 0.25) is 0 Å². The van der Waals surface area contributed by atoms with Crippen molar-refractivity contribution >= 4 is 24.2 Å². The maximum Gasteiger partial charge on any atom is 0.494 e. The Morgan fingerprint density at radius 2 is 1.64 bits per heavy atom. The van der Waals surface area contributed by atoms with Gasteiger partial charge in [-0.25, -0.2) is 0 Å². The molecule has 0 aliphatic carbocycles. The van der Waals surface area contributed by atoms with E-state index in [1.165, 1.54) is 0 Å². The molecule has 2 aliphatic rings. The second-order valence-electron chi connectivity index (χ2n) is 7.65. The lowest BCUT2D eigenvalue weighted by atomic mass is 9.79. The summed E-state index contributed by atoms with van der Waals surface area (Å²) in [6, 6.07) is 7.65. The topological polar surface area (TPSA) is 60.0 Å². The van der Waals surface area contributed by atoms with E-state index in [4.69, 9.17) is 14.0 Å². The van der Waals surface area contributed by atoms with Gasteiger partial charge in [0.25, 0.3) is 0 Å². The number of carbonyl (C=O) groups excluding carboxylic acids is 1. The van der Waals surface area contributed by atoms with Crippen LogP contribution < -0.4 is 10.8 Å². The Kier molecular flexibility index (Phi) is 5.20. The fourth-order valence-corrected chi connectivity index (χ4v) is 2.87. The average molecular weight is 346 g/mol. The fourth-order valence-electron chi connectivity index (χ4n) is 2.87. The van der Waals surface area contributed by atoms with E-state index in [1.54, 1.807) is 0 Å². The molecule has 6 nitrogen and oxygen atoms in total. The molecule has 1 aromatic carbocycles. The molecule has 2 saturated heterocycles. The van der Waals surface area contributed by atoms with E-state index in [1.807, 2.05) is 52.0 Å². The van der Waals surface area contributed by atoms with Crippen molar-refractivity contribution in [1.29, 1.82) is 0 Å². The number of rotatable bonds is 4. The Balaban J connectivity index is 1.56. The molecule has 1 aromatic rings. The maximum atomic E-state index is 12.1. The highest BCUT2D eigenvalue weighted by molar-refractivity contribution is 6.62. The Hall–Kier alpha value is -1.41. The first kappa shape index (κ1) is 18.4. The molecule has 1 N–H and O–H groups in total. The lowest BCUT2D eigenvalue weighted by molar-refractivity contribution is -0.118. The summed E-state index contributed by atoms with van der Waals surface area (Å²) in [5, 5.41) is 2.94. The molecule has 0 atom stereocenters. The van der Waals surface area contributed by atoms with Crippen LogP contribution in [-0.2, 0) is 18.8 Å². The minimum absolute atomic E-state index is 0.00900. The SMILES string of the molecule is CC1(C)OB(c2ccc(NC(=O)CN3CCOCC3)cc2)OC1(C)C. The van der Waals surface area contributed by atoms with Crippen molar-refractivity contribution in [3.8, 4) is 0 Å². The summed E-state index contributed by atoms with van der Waals surface area (Å²) in [4.78, 5) is 14.2. The molecular weight excluding hydrogens is 319 g/mol. The van der Waals surface area contributed by atoms with Crippen molar-refractivity contribution in [2.75, 3.05) is 38.2 Å². The lowest BCUT2D eigenvalue weighted by Crippen LogP contribution is -2.41. The van der Waals surface area contributed by atoms with Crippen molar-refractivity contribution in [3.05, 3.63) is 24.3 Å². The van der Waals surface area contributed by atoms with E-state index in [0.29, 0.717) is 19.8 Å². The van der Waals surface area contributed by atoms with E-state index < -0.39 is 0 Å². The zero-order valence-corrected chi connectivity index (χ0v) is 15.5. The van der Waals surface area contributed by atoms with Gasteiger partial charge in [-0.2, -0.15) is 0 Å². The molecule has 2 heterocycles. The highest BCUT2D eigenvalue weighted by Crippen LogP contribution is 2.36. The highest BCUT2D eigenvalue weighted by atomic mass is 16.7.